The van der Waals surface area contributed by atoms with Crippen molar-refractivity contribution in [2.24, 2.45) is 0 Å². The second-order valence-corrected chi connectivity index (χ2v) is 7.77. The molecule has 1 atom stereocenters. The number of rotatable bonds is 10. The molecule has 132 valence electrons. The van der Waals surface area contributed by atoms with Gasteiger partial charge in [0.05, 0.1) is 25.1 Å². The van der Waals surface area contributed by atoms with Crippen LogP contribution in [0.4, 0.5) is 0 Å². The third-order valence-corrected chi connectivity index (χ3v) is 5.65. The number of thioether (sulfide) groups is 1. The fourth-order valence-electron chi connectivity index (χ4n) is 3.09. The molecule has 2 aliphatic rings. The molecule has 2 rings (SSSR count). The van der Waals surface area contributed by atoms with E-state index in [4.69, 9.17) is 9.47 Å². The lowest BCUT2D eigenvalue weighted by atomic mass is 10.1. The highest BCUT2D eigenvalue weighted by Crippen LogP contribution is 2.34. The molecule has 0 amide bonds. The average molecular weight is 342 g/mol. The Bertz CT molecular complexity index is 405. The average Bonchev–Trinajstić information content (AvgIpc) is 2.80. The maximum absolute atomic E-state index is 11.6. The minimum absolute atomic E-state index is 0.174. The van der Waals surface area contributed by atoms with Crippen LogP contribution in [0.15, 0.2) is 11.3 Å². The molecule has 2 aliphatic heterocycles. The van der Waals surface area contributed by atoms with Crippen LogP contribution in [0.25, 0.3) is 0 Å². The van der Waals surface area contributed by atoms with Crippen molar-refractivity contribution in [2.45, 2.75) is 57.6 Å². The van der Waals surface area contributed by atoms with E-state index in [-0.39, 0.29) is 10.4 Å². The first-order valence-corrected chi connectivity index (χ1v) is 9.91. The van der Waals surface area contributed by atoms with Crippen LogP contribution in [0.1, 0.15) is 52.4 Å². The van der Waals surface area contributed by atoms with Gasteiger partial charge in [-0.3, -0.25) is 9.69 Å². The highest BCUT2D eigenvalue weighted by atomic mass is 32.2. The molecule has 0 saturated carbocycles. The summed E-state index contributed by atoms with van der Waals surface area (Å²) < 4.78 is 11.2. The Morgan fingerprint density at radius 2 is 1.78 bits per heavy atom. The van der Waals surface area contributed by atoms with Crippen LogP contribution in [0, 0.1) is 0 Å². The van der Waals surface area contributed by atoms with E-state index in [0.29, 0.717) is 0 Å². The van der Waals surface area contributed by atoms with Crippen molar-refractivity contribution in [1.29, 1.82) is 0 Å². The van der Waals surface area contributed by atoms with Gasteiger partial charge in [0.2, 0.25) is 5.12 Å². The second-order valence-electron chi connectivity index (χ2n) is 6.46. The van der Waals surface area contributed by atoms with Crippen molar-refractivity contribution < 1.29 is 14.3 Å². The molecule has 0 N–H and O–H groups in total. The third-order valence-electron chi connectivity index (χ3n) is 4.56. The van der Waals surface area contributed by atoms with Gasteiger partial charge in [0.15, 0.2) is 0 Å². The lowest BCUT2D eigenvalue weighted by Gasteiger charge is -2.26. The van der Waals surface area contributed by atoms with Crippen LogP contribution in [0.2, 0.25) is 0 Å². The molecule has 4 nitrogen and oxygen atoms in total. The van der Waals surface area contributed by atoms with E-state index in [9.17, 15) is 4.79 Å². The smallest absolute Gasteiger partial charge is 0.219 e. The number of hydrogen-bond acceptors (Lipinski definition) is 5. The topological polar surface area (TPSA) is 38.8 Å². The lowest BCUT2D eigenvalue weighted by Crippen LogP contribution is -2.36. The molecular weight excluding hydrogens is 310 g/mol. The zero-order valence-electron chi connectivity index (χ0n) is 14.6. The first-order chi connectivity index (χ1) is 11.2. The number of ether oxygens (including phenoxy) is 2. The molecule has 0 aromatic carbocycles. The fourth-order valence-corrected chi connectivity index (χ4v) is 4.04. The number of unbranched alkanes of at least 4 members (excludes halogenated alkanes) is 5. The number of carbonyl (C=O) groups is 1. The summed E-state index contributed by atoms with van der Waals surface area (Å²) in [6.07, 6.45) is 7.54. The molecule has 1 saturated heterocycles. The van der Waals surface area contributed by atoms with Crippen LogP contribution in [0.3, 0.4) is 0 Å². The Morgan fingerprint density at radius 1 is 1.13 bits per heavy atom. The lowest BCUT2D eigenvalue weighted by molar-refractivity contribution is -0.107. The summed E-state index contributed by atoms with van der Waals surface area (Å²) in [6, 6.07) is 0. The Morgan fingerprint density at radius 3 is 2.43 bits per heavy atom. The summed E-state index contributed by atoms with van der Waals surface area (Å²) in [4.78, 5) is 14.1. The van der Waals surface area contributed by atoms with Gasteiger partial charge in [0.25, 0.3) is 0 Å². The quantitative estimate of drug-likeness (QED) is 0.568. The number of hydrogen-bond donors (Lipinski definition) is 0. The molecule has 0 bridgehead atoms. The molecule has 0 aromatic rings. The minimum Gasteiger partial charge on any atom is -0.496 e. The molecule has 0 aromatic heterocycles. The van der Waals surface area contributed by atoms with Gasteiger partial charge in [-0.05, 0) is 33.2 Å². The molecular formula is C18H31NO3S. The Hall–Kier alpha value is -0.520. The van der Waals surface area contributed by atoms with E-state index in [1.807, 2.05) is 13.8 Å². The molecule has 2 heterocycles. The molecule has 0 aliphatic carbocycles. The largest absolute Gasteiger partial charge is 0.496 e. The summed E-state index contributed by atoms with van der Waals surface area (Å²) in [6.45, 7) is 9.91. The van der Waals surface area contributed by atoms with E-state index < -0.39 is 0 Å². The molecule has 1 unspecified atom stereocenters. The van der Waals surface area contributed by atoms with Crippen molar-refractivity contribution in [3.05, 3.63) is 11.3 Å². The van der Waals surface area contributed by atoms with Crippen LogP contribution in [0.5, 0.6) is 0 Å². The van der Waals surface area contributed by atoms with E-state index >= 15 is 0 Å². The second kappa shape index (κ2) is 10.4. The summed E-state index contributed by atoms with van der Waals surface area (Å²) in [7, 11) is 0. The molecule has 0 radical (unpaired) electrons. The summed E-state index contributed by atoms with van der Waals surface area (Å²) in [5.74, 6) is 0.908. The van der Waals surface area contributed by atoms with Gasteiger partial charge in [0.1, 0.15) is 5.76 Å². The predicted molar refractivity (Wildman–Crippen MR) is 95.7 cm³/mol. The summed E-state index contributed by atoms with van der Waals surface area (Å²) in [5.41, 5.74) is 0.811. The number of nitrogens with zero attached hydrogens (tertiary/aromatic N) is 1. The maximum Gasteiger partial charge on any atom is 0.219 e. The highest BCUT2D eigenvalue weighted by Gasteiger charge is 2.28. The monoisotopic (exact) mass is 341 g/mol. The van der Waals surface area contributed by atoms with Gasteiger partial charge in [-0.1, -0.05) is 37.4 Å². The number of carbonyl (C=O) groups excluding carboxylic acids is 1. The zero-order chi connectivity index (χ0) is 16.5. The number of morpholine rings is 1. The van der Waals surface area contributed by atoms with E-state index in [0.717, 1.165) is 50.7 Å². The maximum atomic E-state index is 11.6. The van der Waals surface area contributed by atoms with Crippen molar-refractivity contribution in [1.82, 2.24) is 4.90 Å². The van der Waals surface area contributed by atoms with Gasteiger partial charge in [0, 0.05) is 18.7 Å². The van der Waals surface area contributed by atoms with Gasteiger partial charge in [-0.15, -0.1) is 0 Å². The highest BCUT2D eigenvalue weighted by molar-refractivity contribution is 8.15. The van der Waals surface area contributed by atoms with Crippen molar-refractivity contribution >= 4 is 16.9 Å². The van der Waals surface area contributed by atoms with Crippen LogP contribution in [-0.2, 0) is 14.3 Å². The Labute approximate surface area is 145 Å². The van der Waals surface area contributed by atoms with Crippen molar-refractivity contribution in [3.63, 3.8) is 0 Å². The molecule has 0 spiro atoms. The van der Waals surface area contributed by atoms with Gasteiger partial charge in [-0.2, -0.15) is 0 Å². The first kappa shape index (κ1) is 18.8. The van der Waals surface area contributed by atoms with E-state index in [2.05, 4.69) is 4.90 Å². The van der Waals surface area contributed by atoms with Gasteiger partial charge >= 0.3 is 0 Å². The third kappa shape index (κ3) is 6.48. The SMILES string of the molecule is CC1=C(OCCCCCCCCN2CCOCC2)C(C)SC1=O. The van der Waals surface area contributed by atoms with Crippen molar-refractivity contribution in [2.75, 3.05) is 39.5 Å². The normalized spacial score (nSPS) is 22.9. The van der Waals surface area contributed by atoms with E-state index in [1.54, 1.807) is 0 Å². The van der Waals surface area contributed by atoms with Crippen LogP contribution < -0.4 is 0 Å². The fraction of sp³-hybridized carbons (Fsp3) is 0.833. The van der Waals surface area contributed by atoms with Crippen LogP contribution in [-0.4, -0.2) is 54.7 Å². The molecule has 23 heavy (non-hydrogen) atoms. The zero-order valence-corrected chi connectivity index (χ0v) is 15.5. The Balaban J connectivity index is 1.42. The van der Waals surface area contributed by atoms with Crippen LogP contribution >= 0.6 is 11.8 Å². The predicted octanol–water partition coefficient (Wildman–Crippen LogP) is 3.61. The minimum atomic E-state index is 0.174. The first-order valence-electron chi connectivity index (χ1n) is 9.03. The Kier molecular flexibility index (Phi) is 8.48. The van der Waals surface area contributed by atoms with E-state index in [1.165, 1.54) is 50.4 Å². The summed E-state index contributed by atoms with van der Waals surface area (Å²) >= 11 is 1.38. The van der Waals surface area contributed by atoms with Gasteiger partial charge < -0.3 is 9.47 Å². The molecule has 5 heteroatoms. The van der Waals surface area contributed by atoms with Gasteiger partial charge in [-0.25, -0.2) is 0 Å². The molecule has 1 fully saturated rings. The summed E-state index contributed by atoms with van der Waals surface area (Å²) in [5, 5.41) is 0.371. The van der Waals surface area contributed by atoms with Crippen molar-refractivity contribution in [3.8, 4) is 0 Å². The standard InChI is InChI=1S/C18H31NO3S/c1-15-17(16(2)23-18(15)20)22-12-8-6-4-3-5-7-9-19-10-13-21-14-11-19/h16H,3-14H2,1-2H3.